The van der Waals surface area contributed by atoms with Crippen LogP contribution in [0.4, 0.5) is 0 Å². The smallest absolute Gasteiger partial charge is 0.326 e. The molecule has 0 spiro atoms. The fourth-order valence-corrected chi connectivity index (χ4v) is 2.64. The van der Waals surface area contributed by atoms with Crippen molar-refractivity contribution in [2.45, 2.75) is 50.4 Å². The van der Waals surface area contributed by atoms with Crippen LogP contribution in [0, 0.1) is 0 Å². The van der Waals surface area contributed by atoms with Gasteiger partial charge < -0.3 is 36.6 Å². The van der Waals surface area contributed by atoms with Crippen LogP contribution in [-0.4, -0.2) is 87.2 Å². The fourth-order valence-electron chi connectivity index (χ4n) is 2.64. The van der Waals surface area contributed by atoms with Gasteiger partial charge in [-0.05, 0) is 19.8 Å². The van der Waals surface area contributed by atoms with E-state index >= 15 is 0 Å². The Morgan fingerprint density at radius 2 is 1.78 bits per heavy atom. The van der Waals surface area contributed by atoms with Crippen molar-refractivity contribution in [2.24, 2.45) is 5.73 Å². The lowest BCUT2D eigenvalue weighted by molar-refractivity contribution is -0.150. The molecule has 0 aromatic carbocycles. The number of aliphatic hydroxyl groups is 1. The van der Waals surface area contributed by atoms with E-state index in [9.17, 15) is 29.1 Å². The number of carbonyl (C=O) groups excluding carboxylic acids is 3. The number of carboxylic acid groups (broad SMARTS) is 2. The summed E-state index contributed by atoms with van der Waals surface area (Å²) in [6.45, 7) is 0.723. The van der Waals surface area contributed by atoms with E-state index in [1.54, 1.807) is 0 Å². The van der Waals surface area contributed by atoms with Crippen LogP contribution in [0.25, 0.3) is 0 Å². The molecule has 1 fully saturated rings. The average Bonchev–Trinajstić information content (AvgIpc) is 3.07. The SMILES string of the molecule is CC(NC(=O)C(N)CC(=O)O)C(=O)NC(CO)C(=O)N1CCCC1C(=O)O. The molecule has 1 rings (SSSR count). The van der Waals surface area contributed by atoms with Gasteiger partial charge in [0, 0.05) is 6.54 Å². The van der Waals surface area contributed by atoms with E-state index in [2.05, 4.69) is 10.6 Å². The highest BCUT2D eigenvalue weighted by molar-refractivity contribution is 5.94. The van der Waals surface area contributed by atoms with Gasteiger partial charge in [0.1, 0.15) is 18.1 Å². The second kappa shape index (κ2) is 9.83. The van der Waals surface area contributed by atoms with Crippen molar-refractivity contribution >= 4 is 29.7 Å². The summed E-state index contributed by atoms with van der Waals surface area (Å²) in [6.07, 6.45) is 0.146. The van der Waals surface area contributed by atoms with Crippen molar-refractivity contribution < 1.29 is 39.3 Å². The Kier molecular flexibility index (Phi) is 8.12. The molecule has 27 heavy (non-hydrogen) atoms. The van der Waals surface area contributed by atoms with Gasteiger partial charge in [0.15, 0.2) is 0 Å². The van der Waals surface area contributed by atoms with E-state index in [0.717, 1.165) is 4.90 Å². The molecule has 7 N–H and O–H groups in total. The van der Waals surface area contributed by atoms with Gasteiger partial charge in [-0.2, -0.15) is 0 Å². The number of amides is 3. The van der Waals surface area contributed by atoms with Crippen LogP contribution >= 0.6 is 0 Å². The first-order chi connectivity index (χ1) is 12.6. The largest absolute Gasteiger partial charge is 0.481 e. The van der Waals surface area contributed by atoms with Crippen LogP contribution in [0.15, 0.2) is 0 Å². The van der Waals surface area contributed by atoms with Crippen LogP contribution in [-0.2, 0) is 24.0 Å². The summed E-state index contributed by atoms with van der Waals surface area (Å²) in [7, 11) is 0. The minimum absolute atomic E-state index is 0.193. The highest BCUT2D eigenvalue weighted by Crippen LogP contribution is 2.18. The monoisotopic (exact) mass is 388 g/mol. The van der Waals surface area contributed by atoms with Crippen LogP contribution in [0.2, 0.25) is 0 Å². The van der Waals surface area contributed by atoms with E-state index in [-0.39, 0.29) is 13.0 Å². The van der Waals surface area contributed by atoms with Gasteiger partial charge in [0.2, 0.25) is 17.7 Å². The molecule has 0 saturated carbocycles. The number of carbonyl (C=O) groups is 5. The summed E-state index contributed by atoms with van der Waals surface area (Å²) in [4.78, 5) is 59.1. The summed E-state index contributed by atoms with van der Waals surface area (Å²) >= 11 is 0. The predicted molar refractivity (Wildman–Crippen MR) is 89.2 cm³/mol. The highest BCUT2D eigenvalue weighted by Gasteiger charge is 2.37. The Balaban J connectivity index is 2.66. The zero-order valence-electron chi connectivity index (χ0n) is 14.8. The summed E-state index contributed by atoms with van der Waals surface area (Å²) < 4.78 is 0. The molecule has 0 aliphatic carbocycles. The molecule has 1 aliphatic rings. The minimum atomic E-state index is -1.37. The maximum absolute atomic E-state index is 12.4. The second-order valence-corrected chi connectivity index (χ2v) is 6.21. The molecule has 3 amide bonds. The van der Waals surface area contributed by atoms with Gasteiger partial charge in [-0.15, -0.1) is 0 Å². The summed E-state index contributed by atoms with van der Waals surface area (Å²) in [5.41, 5.74) is 5.39. The molecule has 152 valence electrons. The van der Waals surface area contributed by atoms with E-state index in [0.29, 0.717) is 6.42 Å². The summed E-state index contributed by atoms with van der Waals surface area (Å²) in [5.74, 6) is -4.87. The maximum atomic E-state index is 12.4. The molecule has 1 aliphatic heterocycles. The van der Waals surface area contributed by atoms with Gasteiger partial charge in [-0.3, -0.25) is 19.2 Å². The van der Waals surface area contributed by atoms with Crippen molar-refractivity contribution in [1.82, 2.24) is 15.5 Å². The topological polar surface area (TPSA) is 199 Å². The number of rotatable bonds is 9. The molecule has 12 nitrogen and oxygen atoms in total. The molecule has 0 radical (unpaired) electrons. The first-order valence-corrected chi connectivity index (χ1v) is 8.30. The van der Waals surface area contributed by atoms with Gasteiger partial charge in [0.25, 0.3) is 0 Å². The Labute approximate surface area is 154 Å². The zero-order valence-corrected chi connectivity index (χ0v) is 14.8. The fraction of sp³-hybridized carbons (Fsp3) is 0.667. The standard InChI is InChI=1S/C15H24N4O8/c1-7(17-13(24)8(16)5-11(21)22)12(23)18-9(6-20)14(25)19-4-2-3-10(19)15(26)27/h7-10,20H,2-6,16H2,1H3,(H,17,24)(H,18,23)(H,21,22)(H,26,27). The van der Waals surface area contributed by atoms with E-state index in [1.165, 1.54) is 6.92 Å². The van der Waals surface area contributed by atoms with Crippen molar-refractivity contribution in [1.29, 1.82) is 0 Å². The molecular formula is C15H24N4O8. The third-order valence-electron chi connectivity index (χ3n) is 4.10. The van der Waals surface area contributed by atoms with Crippen LogP contribution in [0.1, 0.15) is 26.2 Å². The Morgan fingerprint density at radius 3 is 2.30 bits per heavy atom. The Bertz CT molecular complexity index is 611. The number of aliphatic carboxylic acids is 2. The maximum Gasteiger partial charge on any atom is 0.326 e. The van der Waals surface area contributed by atoms with Crippen LogP contribution < -0.4 is 16.4 Å². The highest BCUT2D eigenvalue weighted by atomic mass is 16.4. The van der Waals surface area contributed by atoms with Gasteiger partial charge >= 0.3 is 11.9 Å². The number of likely N-dealkylation sites (tertiary alicyclic amines) is 1. The van der Waals surface area contributed by atoms with Crippen molar-refractivity contribution in [3.63, 3.8) is 0 Å². The summed E-state index contributed by atoms with van der Waals surface area (Å²) in [6, 6.07) is -4.90. The van der Waals surface area contributed by atoms with E-state index < -0.39 is 66.9 Å². The van der Waals surface area contributed by atoms with E-state index in [4.69, 9.17) is 15.9 Å². The second-order valence-electron chi connectivity index (χ2n) is 6.21. The average molecular weight is 388 g/mol. The third kappa shape index (κ3) is 6.18. The number of carboxylic acids is 2. The number of aliphatic hydroxyl groups excluding tert-OH is 1. The molecule has 0 aromatic heterocycles. The molecule has 1 saturated heterocycles. The first-order valence-electron chi connectivity index (χ1n) is 8.30. The molecule has 4 atom stereocenters. The first kappa shape index (κ1) is 22.3. The Hall–Kier alpha value is -2.73. The normalized spacial score (nSPS) is 19.7. The lowest BCUT2D eigenvalue weighted by Crippen LogP contribution is -2.57. The minimum Gasteiger partial charge on any atom is -0.481 e. The Morgan fingerprint density at radius 1 is 1.15 bits per heavy atom. The van der Waals surface area contributed by atoms with Crippen molar-refractivity contribution in [3.05, 3.63) is 0 Å². The van der Waals surface area contributed by atoms with Crippen LogP contribution in [0.5, 0.6) is 0 Å². The number of hydrogen-bond acceptors (Lipinski definition) is 7. The van der Waals surface area contributed by atoms with Crippen LogP contribution in [0.3, 0.4) is 0 Å². The van der Waals surface area contributed by atoms with Crippen molar-refractivity contribution in [2.75, 3.05) is 13.2 Å². The molecule has 4 unspecified atom stereocenters. The van der Waals surface area contributed by atoms with Crippen molar-refractivity contribution in [3.8, 4) is 0 Å². The van der Waals surface area contributed by atoms with E-state index in [1.807, 2.05) is 0 Å². The van der Waals surface area contributed by atoms with Gasteiger partial charge in [0.05, 0.1) is 19.1 Å². The number of nitrogens with one attached hydrogen (secondary N) is 2. The molecule has 1 heterocycles. The molecule has 0 aromatic rings. The third-order valence-corrected chi connectivity index (χ3v) is 4.10. The summed E-state index contributed by atoms with van der Waals surface area (Å²) in [5, 5.41) is 31.6. The lowest BCUT2D eigenvalue weighted by Gasteiger charge is -2.27. The molecule has 0 bridgehead atoms. The number of nitrogens with zero attached hydrogens (tertiary/aromatic N) is 1. The number of hydrogen-bond donors (Lipinski definition) is 6. The van der Waals surface area contributed by atoms with Gasteiger partial charge in [-0.1, -0.05) is 0 Å². The molecular weight excluding hydrogens is 364 g/mol. The quantitative estimate of drug-likeness (QED) is 0.236. The zero-order chi connectivity index (χ0) is 20.7. The van der Waals surface area contributed by atoms with Gasteiger partial charge in [-0.25, -0.2) is 4.79 Å². The number of nitrogens with two attached hydrogens (primary N) is 1. The lowest BCUT2D eigenvalue weighted by atomic mass is 10.1. The predicted octanol–water partition coefficient (Wildman–Crippen LogP) is -3.15. The molecule has 12 heteroatoms.